The van der Waals surface area contributed by atoms with Gasteiger partial charge in [0.15, 0.2) is 0 Å². The van der Waals surface area contributed by atoms with E-state index in [0.717, 1.165) is 40.9 Å². The van der Waals surface area contributed by atoms with Crippen molar-refractivity contribution in [2.45, 2.75) is 24.8 Å². The van der Waals surface area contributed by atoms with E-state index in [1.165, 1.54) is 4.90 Å². The third kappa shape index (κ3) is 6.33. The highest BCUT2D eigenvalue weighted by Crippen LogP contribution is 2.47. The number of carboxylic acids is 2. The molecule has 0 fully saturated rings. The number of benzene rings is 3. The number of fused-ring (bicyclic) bond motifs is 3. The number of halogens is 1. The van der Waals surface area contributed by atoms with Crippen molar-refractivity contribution in [2.75, 3.05) is 30.3 Å². The summed E-state index contributed by atoms with van der Waals surface area (Å²) in [5.41, 5.74) is 2.16. The molecule has 3 aromatic rings. The number of hydrogen-bond donors (Lipinski definition) is 2. The van der Waals surface area contributed by atoms with Gasteiger partial charge < -0.3 is 15.1 Å². The van der Waals surface area contributed by atoms with Crippen LogP contribution in [0.2, 0.25) is 5.02 Å². The zero-order valence-electron chi connectivity index (χ0n) is 19.5. The molecule has 0 saturated heterocycles. The third-order valence-electron chi connectivity index (χ3n) is 5.77. The lowest BCUT2D eigenvalue weighted by atomic mass is 10.0. The Labute approximate surface area is 213 Å². The first-order valence-corrected chi connectivity index (χ1v) is 12.5. The molecule has 2 N–H and O–H groups in total. The highest BCUT2D eigenvalue weighted by atomic mass is 35.5. The minimum absolute atomic E-state index is 0.0152. The molecule has 1 amide bonds. The lowest BCUT2D eigenvalue weighted by molar-refractivity contribution is -0.159. The van der Waals surface area contributed by atoms with Gasteiger partial charge in [-0.2, -0.15) is 0 Å². The van der Waals surface area contributed by atoms with Crippen molar-refractivity contribution in [3.63, 3.8) is 0 Å². The summed E-state index contributed by atoms with van der Waals surface area (Å²) in [5, 5.41) is 17.8. The average Bonchev–Trinajstić information content (AvgIpc) is 2.87. The van der Waals surface area contributed by atoms with Crippen LogP contribution in [0.3, 0.4) is 0 Å². The van der Waals surface area contributed by atoms with E-state index in [9.17, 15) is 4.79 Å². The number of likely N-dealkylation sites (N-methyl/N-ethyl adjacent to an activating group) is 1. The Balaban J connectivity index is 0.000000509. The Morgan fingerprint density at radius 1 is 0.971 bits per heavy atom. The molecule has 1 atom stereocenters. The highest BCUT2D eigenvalue weighted by molar-refractivity contribution is 7.99. The molecule has 7 nitrogen and oxygen atoms in total. The van der Waals surface area contributed by atoms with Crippen LogP contribution in [0.15, 0.2) is 65.6 Å². The predicted molar refractivity (Wildman–Crippen MR) is 139 cm³/mol. The second-order valence-corrected chi connectivity index (χ2v) is 9.35. The van der Waals surface area contributed by atoms with Crippen LogP contribution in [0.1, 0.15) is 25.5 Å². The lowest BCUT2D eigenvalue weighted by Gasteiger charge is -2.39. The summed E-state index contributed by atoms with van der Waals surface area (Å²) in [5.74, 6) is -2.67. The van der Waals surface area contributed by atoms with Crippen LogP contribution < -0.4 is 4.90 Å². The summed E-state index contributed by atoms with van der Waals surface area (Å²) >= 11 is 7.94. The molecular formula is C26H27ClN2O5S. The molecule has 184 valence electrons. The topological polar surface area (TPSA) is 98.2 Å². The van der Waals surface area contributed by atoms with Gasteiger partial charge in [0.1, 0.15) is 0 Å². The number of hydrogen-bond acceptors (Lipinski definition) is 5. The van der Waals surface area contributed by atoms with Crippen molar-refractivity contribution in [3.8, 4) is 0 Å². The van der Waals surface area contributed by atoms with E-state index in [1.54, 1.807) is 0 Å². The Morgan fingerprint density at radius 3 is 2.20 bits per heavy atom. The third-order valence-corrected chi connectivity index (χ3v) is 7.15. The number of carbonyl (C=O) groups excluding carboxylic acids is 1. The van der Waals surface area contributed by atoms with E-state index < -0.39 is 11.9 Å². The fourth-order valence-electron chi connectivity index (χ4n) is 3.94. The van der Waals surface area contributed by atoms with E-state index in [4.69, 9.17) is 31.4 Å². The molecule has 3 aromatic carbocycles. The molecule has 1 aliphatic rings. The van der Waals surface area contributed by atoms with Crippen molar-refractivity contribution in [2.24, 2.45) is 0 Å². The van der Waals surface area contributed by atoms with E-state index >= 15 is 0 Å². The van der Waals surface area contributed by atoms with Crippen molar-refractivity contribution in [1.82, 2.24) is 4.90 Å². The molecule has 0 spiro atoms. The van der Waals surface area contributed by atoms with Crippen molar-refractivity contribution in [3.05, 3.63) is 71.2 Å². The summed E-state index contributed by atoms with van der Waals surface area (Å²) in [7, 11) is 0. The largest absolute Gasteiger partial charge is 0.473 e. The van der Waals surface area contributed by atoms with Gasteiger partial charge in [-0.1, -0.05) is 67.9 Å². The molecule has 35 heavy (non-hydrogen) atoms. The van der Waals surface area contributed by atoms with E-state index in [-0.39, 0.29) is 11.9 Å². The first-order valence-electron chi connectivity index (χ1n) is 11.2. The van der Waals surface area contributed by atoms with Crippen molar-refractivity contribution in [1.29, 1.82) is 0 Å². The number of carbonyl (C=O) groups is 3. The van der Waals surface area contributed by atoms with Gasteiger partial charge >= 0.3 is 11.9 Å². The van der Waals surface area contributed by atoms with Crippen LogP contribution in [-0.2, 0) is 14.4 Å². The standard InChI is InChI=1S/C24H25ClN2OS.C2H2O4/c1-3-26(4-2)15-23(28)27-21(18-9-12-19(25)13-10-18)16-29-22-14-11-17-7-5-6-8-20(17)24(22)27;3-1(4)2(5)6/h5-14,21H,3-4,15-16H2,1-2H3;(H,3,4)(H,5,6). The summed E-state index contributed by atoms with van der Waals surface area (Å²) in [6.45, 7) is 6.34. The maximum Gasteiger partial charge on any atom is 0.414 e. The van der Waals surface area contributed by atoms with Gasteiger partial charge in [-0.3, -0.25) is 9.69 Å². The maximum absolute atomic E-state index is 13.6. The fourth-order valence-corrected chi connectivity index (χ4v) is 5.26. The second-order valence-electron chi connectivity index (χ2n) is 7.85. The Hall–Kier alpha value is -3.07. The molecule has 1 aliphatic heterocycles. The summed E-state index contributed by atoms with van der Waals surface area (Å²) < 4.78 is 0. The number of rotatable bonds is 5. The zero-order chi connectivity index (χ0) is 25.5. The minimum Gasteiger partial charge on any atom is -0.473 e. The van der Waals surface area contributed by atoms with Crippen LogP contribution in [-0.4, -0.2) is 58.3 Å². The number of carboxylic acid groups (broad SMARTS) is 2. The van der Waals surface area contributed by atoms with Gasteiger partial charge in [0, 0.05) is 21.1 Å². The normalized spacial score (nSPS) is 14.7. The fraction of sp³-hybridized carbons (Fsp3) is 0.269. The molecular weight excluding hydrogens is 488 g/mol. The maximum atomic E-state index is 13.6. The van der Waals surface area contributed by atoms with Gasteiger partial charge in [0.2, 0.25) is 5.91 Å². The Morgan fingerprint density at radius 2 is 1.60 bits per heavy atom. The molecule has 0 bridgehead atoms. The van der Waals surface area contributed by atoms with Gasteiger partial charge in [0.25, 0.3) is 0 Å². The first kappa shape index (κ1) is 26.5. The van der Waals surface area contributed by atoms with Crippen molar-refractivity contribution < 1.29 is 24.6 Å². The highest BCUT2D eigenvalue weighted by Gasteiger charge is 2.34. The van der Waals surface area contributed by atoms with E-state index in [1.807, 2.05) is 53.1 Å². The van der Waals surface area contributed by atoms with E-state index in [0.29, 0.717) is 11.6 Å². The molecule has 0 saturated carbocycles. The molecule has 0 aliphatic carbocycles. The first-order chi connectivity index (χ1) is 16.8. The Bertz CT molecular complexity index is 1200. The van der Waals surface area contributed by atoms with Gasteiger partial charge in [0.05, 0.1) is 18.3 Å². The van der Waals surface area contributed by atoms with Crippen LogP contribution in [0.25, 0.3) is 10.8 Å². The number of anilines is 1. The molecule has 9 heteroatoms. The number of amides is 1. The van der Waals surface area contributed by atoms with Gasteiger partial charge in [-0.25, -0.2) is 9.59 Å². The lowest BCUT2D eigenvalue weighted by Crippen LogP contribution is -2.44. The summed E-state index contributed by atoms with van der Waals surface area (Å²) in [6.07, 6.45) is 0. The second kappa shape index (κ2) is 12.1. The van der Waals surface area contributed by atoms with Crippen molar-refractivity contribution >= 4 is 57.7 Å². The Kier molecular flexibility index (Phi) is 9.14. The van der Waals surface area contributed by atoms with Crippen LogP contribution >= 0.6 is 23.4 Å². The molecule has 1 unspecified atom stereocenters. The predicted octanol–water partition coefficient (Wildman–Crippen LogP) is 5.17. The molecule has 4 rings (SSSR count). The zero-order valence-corrected chi connectivity index (χ0v) is 21.1. The summed E-state index contributed by atoms with van der Waals surface area (Å²) in [6, 6.07) is 20.5. The van der Waals surface area contributed by atoms with Gasteiger partial charge in [-0.05, 0) is 42.2 Å². The monoisotopic (exact) mass is 514 g/mol. The van der Waals surface area contributed by atoms with E-state index in [2.05, 4.69) is 43.0 Å². The number of aliphatic carboxylic acids is 2. The van der Waals surface area contributed by atoms with Crippen LogP contribution in [0.4, 0.5) is 5.69 Å². The molecule has 1 heterocycles. The molecule has 0 radical (unpaired) electrons. The average molecular weight is 515 g/mol. The van der Waals surface area contributed by atoms with Gasteiger partial charge in [-0.15, -0.1) is 11.8 Å². The summed E-state index contributed by atoms with van der Waals surface area (Å²) in [4.78, 5) is 37.2. The van der Waals surface area contributed by atoms with Crippen LogP contribution in [0.5, 0.6) is 0 Å². The number of thioether (sulfide) groups is 1. The molecule has 0 aromatic heterocycles. The minimum atomic E-state index is -1.82. The quantitative estimate of drug-likeness (QED) is 0.453. The smallest absolute Gasteiger partial charge is 0.414 e. The number of nitrogens with zero attached hydrogens (tertiary/aromatic N) is 2. The SMILES string of the molecule is CCN(CC)CC(=O)N1c2c(ccc3ccccc23)SCC1c1ccc(Cl)cc1.O=C(O)C(=O)O. The van der Waals surface area contributed by atoms with Crippen LogP contribution in [0, 0.1) is 0 Å².